The Bertz CT molecular complexity index is 1350. The number of anilines is 1. The molecule has 1 amide bonds. The first-order valence-corrected chi connectivity index (χ1v) is 13.0. The second-order valence-corrected chi connectivity index (χ2v) is 10.1. The van der Waals surface area contributed by atoms with Gasteiger partial charge < -0.3 is 5.32 Å². The number of aryl methyl sites for hydroxylation is 1. The van der Waals surface area contributed by atoms with E-state index in [4.69, 9.17) is 11.6 Å². The molecule has 3 aromatic carbocycles. The number of carbonyl (C=O) groups excluding carboxylic acids is 1. The Kier molecular flexibility index (Phi) is 8.28. The summed E-state index contributed by atoms with van der Waals surface area (Å²) in [6, 6.07) is 20.5. The van der Waals surface area contributed by atoms with Crippen LogP contribution in [0.1, 0.15) is 17.0 Å². The molecule has 0 fully saturated rings. The normalized spacial score (nSPS) is 11.5. The van der Waals surface area contributed by atoms with Gasteiger partial charge in [0, 0.05) is 10.6 Å². The third-order valence-electron chi connectivity index (χ3n) is 5.00. The third-order valence-corrected chi connectivity index (χ3v) is 7.27. The van der Waals surface area contributed by atoms with Gasteiger partial charge in [0.15, 0.2) is 5.16 Å². The molecule has 1 N–H and O–H groups in total. The fourth-order valence-electron chi connectivity index (χ4n) is 3.22. The molecule has 1 heterocycles. The zero-order valence-corrected chi connectivity index (χ0v) is 21.3. The second-order valence-electron chi connectivity index (χ2n) is 7.70. The van der Waals surface area contributed by atoms with E-state index in [2.05, 4.69) is 15.5 Å². The molecule has 0 saturated carbocycles. The van der Waals surface area contributed by atoms with E-state index in [1.807, 2.05) is 66.1 Å². The molecule has 11 heteroatoms. The number of thioether (sulfide) groups is 2. The number of hydrogen-bond donors (Lipinski definition) is 1. The standard InChI is InChI=1S/C25H20ClF3N4OS2/c1-16-7-10-19(11-8-16)35-14-22-31-32-24(33(22)18-5-3-2-4-6-18)36-15-23(34)30-21-13-17(25(27,28)29)9-12-20(21)26/h2-13H,14-15H2,1H3,(H,30,34). The van der Waals surface area contributed by atoms with Crippen molar-refractivity contribution in [2.45, 2.75) is 28.9 Å². The number of alkyl halides is 3. The molecule has 36 heavy (non-hydrogen) atoms. The fraction of sp³-hybridized carbons (Fsp3) is 0.160. The van der Waals surface area contributed by atoms with Crippen LogP contribution in [0.15, 0.2) is 82.8 Å². The van der Waals surface area contributed by atoms with Crippen LogP contribution in [0.4, 0.5) is 18.9 Å². The highest BCUT2D eigenvalue weighted by Crippen LogP contribution is 2.34. The summed E-state index contributed by atoms with van der Waals surface area (Å²) in [5.41, 5.74) is 1.02. The summed E-state index contributed by atoms with van der Waals surface area (Å²) < 4.78 is 40.9. The van der Waals surface area contributed by atoms with Gasteiger partial charge in [0.1, 0.15) is 5.82 Å². The largest absolute Gasteiger partial charge is 0.416 e. The first-order chi connectivity index (χ1) is 17.2. The highest BCUT2D eigenvalue weighted by Gasteiger charge is 2.31. The Morgan fingerprint density at radius 2 is 1.72 bits per heavy atom. The monoisotopic (exact) mass is 548 g/mol. The van der Waals surface area contributed by atoms with Crippen LogP contribution in [0.3, 0.4) is 0 Å². The smallest absolute Gasteiger partial charge is 0.324 e. The fourth-order valence-corrected chi connectivity index (χ4v) is 4.97. The van der Waals surface area contributed by atoms with Gasteiger partial charge in [-0.3, -0.25) is 9.36 Å². The number of hydrogen-bond acceptors (Lipinski definition) is 5. The van der Waals surface area contributed by atoms with Crippen LogP contribution in [0.5, 0.6) is 0 Å². The maximum atomic E-state index is 13.0. The minimum Gasteiger partial charge on any atom is -0.324 e. The molecule has 0 aliphatic carbocycles. The zero-order chi connectivity index (χ0) is 25.7. The van der Waals surface area contributed by atoms with E-state index in [1.165, 1.54) is 5.56 Å². The topological polar surface area (TPSA) is 59.8 Å². The first kappa shape index (κ1) is 26.1. The summed E-state index contributed by atoms with van der Waals surface area (Å²) in [6.07, 6.45) is -4.54. The molecular formula is C25H20ClF3N4OS2. The third kappa shape index (κ3) is 6.63. The molecule has 0 bridgehead atoms. The molecular weight excluding hydrogens is 529 g/mol. The summed E-state index contributed by atoms with van der Waals surface area (Å²) in [5, 5.41) is 11.6. The number of nitrogens with zero attached hydrogens (tertiary/aromatic N) is 3. The van der Waals surface area contributed by atoms with Gasteiger partial charge in [-0.15, -0.1) is 22.0 Å². The molecule has 0 unspecified atom stereocenters. The maximum Gasteiger partial charge on any atom is 0.416 e. The van der Waals surface area contributed by atoms with Crippen LogP contribution in [0.25, 0.3) is 5.69 Å². The number of halogens is 4. The van der Waals surface area contributed by atoms with Crippen molar-refractivity contribution < 1.29 is 18.0 Å². The number of rotatable bonds is 8. The summed E-state index contributed by atoms with van der Waals surface area (Å²) in [4.78, 5) is 13.7. The van der Waals surface area contributed by atoms with Gasteiger partial charge in [0.25, 0.3) is 0 Å². The second kappa shape index (κ2) is 11.4. The van der Waals surface area contributed by atoms with E-state index in [0.717, 1.165) is 40.5 Å². The summed E-state index contributed by atoms with van der Waals surface area (Å²) in [6.45, 7) is 2.03. The van der Waals surface area contributed by atoms with Crippen molar-refractivity contribution in [3.63, 3.8) is 0 Å². The number of carbonyl (C=O) groups is 1. The van der Waals surface area contributed by atoms with Gasteiger partial charge in [-0.1, -0.05) is 59.3 Å². The Hall–Kier alpha value is -2.95. The predicted octanol–water partition coefficient (Wildman–Crippen LogP) is 7.27. The summed E-state index contributed by atoms with van der Waals surface area (Å²) in [7, 11) is 0. The highest BCUT2D eigenvalue weighted by atomic mass is 35.5. The van der Waals surface area contributed by atoms with Crippen molar-refractivity contribution in [1.29, 1.82) is 0 Å². The van der Waals surface area contributed by atoms with Crippen molar-refractivity contribution >= 4 is 46.7 Å². The molecule has 4 aromatic rings. The molecule has 4 rings (SSSR count). The molecule has 0 radical (unpaired) electrons. The molecule has 0 atom stereocenters. The molecule has 186 valence electrons. The van der Waals surface area contributed by atoms with Crippen LogP contribution in [-0.4, -0.2) is 26.4 Å². The van der Waals surface area contributed by atoms with Crippen LogP contribution >= 0.6 is 35.1 Å². The predicted molar refractivity (Wildman–Crippen MR) is 138 cm³/mol. The van der Waals surface area contributed by atoms with Crippen molar-refractivity contribution in [2.75, 3.05) is 11.1 Å². The zero-order valence-electron chi connectivity index (χ0n) is 18.9. The number of aromatic nitrogens is 3. The molecule has 0 saturated heterocycles. The van der Waals surface area contributed by atoms with Crippen molar-refractivity contribution in [3.8, 4) is 5.69 Å². The lowest BCUT2D eigenvalue weighted by Crippen LogP contribution is -2.16. The van der Waals surface area contributed by atoms with Gasteiger partial charge >= 0.3 is 6.18 Å². The van der Waals surface area contributed by atoms with Crippen LogP contribution in [0.2, 0.25) is 5.02 Å². The van der Waals surface area contributed by atoms with E-state index < -0.39 is 17.6 Å². The number of para-hydroxylation sites is 1. The number of benzene rings is 3. The van der Waals surface area contributed by atoms with E-state index >= 15 is 0 Å². The summed E-state index contributed by atoms with van der Waals surface area (Å²) in [5.74, 6) is 0.648. The Labute approximate surface area is 219 Å². The van der Waals surface area contributed by atoms with Gasteiger partial charge in [-0.25, -0.2) is 0 Å². The lowest BCUT2D eigenvalue weighted by atomic mass is 10.2. The van der Waals surface area contributed by atoms with Crippen LogP contribution in [-0.2, 0) is 16.7 Å². The van der Waals surface area contributed by atoms with Crippen molar-refractivity contribution in [1.82, 2.24) is 14.8 Å². The lowest BCUT2D eigenvalue weighted by Gasteiger charge is -2.12. The molecule has 1 aromatic heterocycles. The van der Waals surface area contributed by atoms with Crippen molar-refractivity contribution in [3.05, 3.63) is 94.8 Å². The number of nitrogens with one attached hydrogen (secondary N) is 1. The minimum absolute atomic E-state index is 0.0178. The van der Waals surface area contributed by atoms with Gasteiger partial charge in [-0.05, 0) is 49.4 Å². The Balaban J connectivity index is 1.49. The molecule has 0 aliphatic heterocycles. The van der Waals surface area contributed by atoms with Crippen LogP contribution < -0.4 is 5.32 Å². The van der Waals surface area contributed by atoms with Gasteiger partial charge in [0.2, 0.25) is 5.91 Å². The quantitative estimate of drug-likeness (QED) is 0.235. The Morgan fingerprint density at radius 1 is 1.00 bits per heavy atom. The maximum absolute atomic E-state index is 13.0. The van der Waals surface area contributed by atoms with E-state index in [0.29, 0.717) is 16.7 Å². The van der Waals surface area contributed by atoms with Crippen molar-refractivity contribution in [2.24, 2.45) is 0 Å². The SMILES string of the molecule is Cc1ccc(SCc2nnc(SCC(=O)Nc3cc(C(F)(F)F)ccc3Cl)n2-c2ccccc2)cc1. The summed E-state index contributed by atoms with van der Waals surface area (Å²) >= 11 is 8.74. The minimum atomic E-state index is -4.54. The molecule has 0 spiro atoms. The molecule has 0 aliphatic rings. The van der Waals surface area contributed by atoms with E-state index in [-0.39, 0.29) is 16.5 Å². The van der Waals surface area contributed by atoms with Crippen LogP contribution in [0, 0.1) is 6.92 Å². The number of amides is 1. The average Bonchev–Trinajstić information content (AvgIpc) is 3.26. The highest BCUT2D eigenvalue weighted by molar-refractivity contribution is 7.99. The first-order valence-electron chi connectivity index (χ1n) is 10.7. The van der Waals surface area contributed by atoms with E-state index in [9.17, 15) is 18.0 Å². The van der Waals surface area contributed by atoms with E-state index in [1.54, 1.807) is 11.8 Å². The average molecular weight is 549 g/mol. The van der Waals surface area contributed by atoms with Gasteiger partial charge in [-0.2, -0.15) is 13.2 Å². The molecule has 5 nitrogen and oxygen atoms in total. The Morgan fingerprint density at radius 3 is 2.42 bits per heavy atom. The van der Waals surface area contributed by atoms with Gasteiger partial charge in [0.05, 0.1) is 27.8 Å². The lowest BCUT2D eigenvalue weighted by molar-refractivity contribution is -0.137.